The molecule has 2 N–H and O–H groups in total. The van der Waals surface area contributed by atoms with E-state index in [1.807, 2.05) is 18.0 Å². The minimum Gasteiger partial charge on any atom is -0.395 e. The van der Waals surface area contributed by atoms with Gasteiger partial charge in [-0.2, -0.15) is 0 Å². The molecule has 174 valence electrons. The fourth-order valence-electron chi connectivity index (χ4n) is 4.60. The fourth-order valence-corrected chi connectivity index (χ4v) is 4.60. The summed E-state index contributed by atoms with van der Waals surface area (Å²) in [6, 6.07) is 8.36. The average Bonchev–Trinajstić information content (AvgIpc) is 3.03. The van der Waals surface area contributed by atoms with Gasteiger partial charge in [-0.1, -0.05) is 18.2 Å². The van der Waals surface area contributed by atoms with Crippen LogP contribution in [0.15, 0.2) is 36.5 Å². The van der Waals surface area contributed by atoms with Crippen molar-refractivity contribution in [2.75, 3.05) is 44.2 Å². The van der Waals surface area contributed by atoms with Crippen LogP contribution in [0, 0.1) is 13.8 Å². The molecular weight excluding hydrogens is 422 g/mol. The van der Waals surface area contributed by atoms with Gasteiger partial charge >= 0.3 is 6.03 Å². The lowest BCUT2D eigenvalue weighted by molar-refractivity contribution is -0.126. The molecule has 3 heterocycles. The highest BCUT2D eigenvalue weighted by Crippen LogP contribution is 2.33. The number of aliphatic hydroxyl groups excluding tert-OH is 1. The van der Waals surface area contributed by atoms with Crippen molar-refractivity contribution < 1.29 is 19.5 Å². The highest BCUT2D eigenvalue weighted by molar-refractivity contribution is 6.07. The van der Waals surface area contributed by atoms with Gasteiger partial charge in [-0.05, 0) is 49.6 Å². The Hall–Kier alpha value is -3.46. The summed E-state index contributed by atoms with van der Waals surface area (Å²) in [4.78, 5) is 47.6. The van der Waals surface area contributed by atoms with Crippen LogP contribution >= 0.6 is 0 Å². The first-order chi connectivity index (χ1) is 15.8. The maximum Gasteiger partial charge on any atom is 0.325 e. The van der Waals surface area contributed by atoms with Gasteiger partial charge in [-0.15, -0.1) is 0 Å². The number of amides is 4. The number of pyridine rings is 1. The van der Waals surface area contributed by atoms with Gasteiger partial charge in [0.15, 0.2) is 0 Å². The van der Waals surface area contributed by atoms with Crippen LogP contribution in [0.5, 0.6) is 0 Å². The molecule has 0 saturated carbocycles. The first kappa shape index (κ1) is 22.7. The number of nitrogens with one attached hydrogen (secondary N) is 1. The van der Waals surface area contributed by atoms with E-state index in [1.54, 1.807) is 31.2 Å². The van der Waals surface area contributed by atoms with Crippen molar-refractivity contribution >= 4 is 23.7 Å². The molecule has 33 heavy (non-hydrogen) atoms. The summed E-state index contributed by atoms with van der Waals surface area (Å²) in [6.07, 6.45) is 1.86. The van der Waals surface area contributed by atoms with E-state index in [1.165, 1.54) is 4.90 Å². The molecule has 2 aliphatic rings. The number of imide groups is 1. The van der Waals surface area contributed by atoms with Gasteiger partial charge < -0.3 is 19.8 Å². The van der Waals surface area contributed by atoms with Gasteiger partial charge in [0, 0.05) is 44.5 Å². The van der Waals surface area contributed by atoms with Crippen molar-refractivity contribution in [3.63, 3.8) is 0 Å². The van der Waals surface area contributed by atoms with Crippen LogP contribution < -0.4 is 10.2 Å². The molecule has 9 nitrogen and oxygen atoms in total. The zero-order valence-corrected chi connectivity index (χ0v) is 19.2. The molecule has 0 bridgehead atoms. The SMILES string of the molecule is Cc1cnc(N2CCN(C(=O)c3ccc(C4(C)C(=O)NC(=O)N4CCO)cc3)CC2)c(C)c1. The van der Waals surface area contributed by atoms with E-state index in [4.69, 9.17) is 0 Å². The molecule has 2 aromatic rings. The Balaban J connectivity index is 1.45. The average molecular weight is 452 g/mol. The van der Waals surface area contributed by atoms with Gasteiger partial charge in [0.1, 0.15) is 11.4 Å². The second-order valence-corrected chi connectivity index (χ2v) is 8.72. The van der Waals surface area contributed by atoms with E-state index >= 15 is 0 Å². The van der Waals surface area contributed by atoms with Crippen molar-refractivity contribution in [1.82, 2.24) is 20.1 Å². The molecule has 1 unspecified atom stereocenters. The zero-order valence-electron chi connectivity index (χ0n) is 19.2. The molecule has 4 rings (SSSR count). The Morgan fingerprint density at radius 1 is 1.12 bits per heavy atom. The number of urea groups is 1. The summed E-state index contributed by atoms with van der Waals surface area (Å²) >= 11 is 0. The highest BCUT2D eigenvalue weighted by Gasteiger charge is 2.50. The number of aromatic nitrogens is 1. The maximum absolute atomic E-state index is 13.1. The van der Waals surface area contributed by atoms with Gasteiger partial charge in [-0.25, -0.2) is 9.78 Å². The molecular formula is C24H29N5O4. The normalized spacial score (nSPS) is 20.9. The number of carbonyl (C=O) groups excluding carboxylic acids is 3. The highest BCUT2D eigenvalue weighted by atomic mass is 16.3. The summed E-state index contributed by atoms with van der Waals surface area (Å²) < 4.78 is 0. The summed E-state index contributed by atoms with van der Waals surface area (Å²) in [5.74, 6) is 0.442. The number of rotatable bonds is 5. The Kier molecular flexibility index (Phi) is 6.07. The molecule has 4 amide bonds. The van der Waals surface area contributed by atoms with Crippen molar-refractivity contribution in [1.29, 1.82) is 0 Å². The van der Waals surface area contributed by atoms with Crippen LogP contribution in [0.2, 0.25) is 0 Å². The van der Waals surface area contributed by atoms with Gasteiger partial charge in [-0.3, -0.25) is 14.9 Å². The van der Waals surface area contributed by atoms with Crippen molar-refractivity contribution in [2.24, 2.45) is 0 Å². The van der Waals surface area contributed by atoms with Crippen molar-refractivity contribution in [3.05, 3.63) is 58.8 Å². The number of carbonyl (C=O) groups is 3. The van der Waals surface area contributed by atoms with Crippen LogP contribution in [0.4, 0.5) is 10.6 Å². The van der Waals surface area contributed by atoms with Crippen LogP contribution in [0.25, 0.3) is 0 Å². The summed E-state index contributed by atoms with van der Waals surface area (Å²) in [5.41, 5.74) is 2.14. The molecule has 1 aromatic carbocycles. The van der Waals surface area contributed by atoms with Gasteiger partial charge in [0.05, 0.1) is 6.61 Å². The lowest BCUT2D eigenvalue weighted by atomic mass is 9.89. The Morgan fingerprint density at radius 2 is 1.79 bits per heavy atom. The second-order valence-electron chi connectivity index (χ2n) is 8.72. The van der Waals surface area contributed by atoms with E-state index in [0.29, 0.717) is 37.3 Å². The molecule has 1 aromatic heterocycles. The minimum absolute atomic E-state index is 0.0361. The Labute approximate surface area is 193 Å². The number of β-amino-alcohol motifs (C(OH)–C–C–N with tert-alkyl or cyclic N) is 1. The number of hydrogen-bond acceptors (Lipinski definition) is 6. The largest absolute Gasteiger partial charge is 0.395 e. The predicted molar refractivity (Wildman–Crippen MR) is 123 cm³/mol. The number of nitrogens with zero attached hydrogens (tertiary/aromatic N) is 4. The van der Waals surface area contributed by atoms with E-state index < -0.39 is 17.5 Å². The number of benzene rings is 1. The predicted octanol–water partition coefficient (Wildman–Crippen LogP) is 1.42. The van der Waals surface area contributed by atoms with E-state index in [0.717, 1.165) is 16.9 Å². The molecule has 0 radical (unpaired) electrons. The van der Waals surface area contributed by atoms with E-state index in [-0.39, 0.29) is 19.1 Å². The summed E-state index contributed by atoms with van der Waals surface area (Å²) in [7, 11) is 0. The van der Waals surface area contributed by atoms with Crippen molar-refractivity contribution in [3.8, 4) is 0 Å². The van der Waals surface area contributed by atoms with Gasteiger partial charge in [0.25, 0.3) is 11.8 Å². The van der Waals surface area contributed by atoms with Crippen LogP contribution in [-0.4, -0.2) is 77.1 Å². The quantitative estimate of drug-likeness (QED) is 0.666. The Bertz CT molecular complexity index is 1080. The molecule has 0 spiro atoms. The summed E-state index contributed by atoms with van der Waals surface area (Å²) in [5, 5.41) is 11.6. The number of aliphatic hydroxyl groups is 1. The molecule has 2 aliphatic heterocycles. The molecule has 0 aliphatic carbocycles. The minimum atomic E-state index is -1.23. The standard InChI is InChI=1S/C24H29N5O4/c1-16-14-17(2)20(25-15-16)27-8-10-28(11-9-27)21(31)18-4-6-19(7-5-18)24(3)22(32)26-23(33)29(24)12-13-30/h4-7,14-15,30H,8-13H2,1-3H3,(H,26,32,33). The van der Waals surface area contributed by atoms with Crippen molar-refractivity contribution in [2.45, 2.75) is 26.3 Å². The number of piperazine rings is 1. The topological polar surface area (TPSA) is 106 Å². The third kappa shape index (κ3) is 4.04. The number of anilines is 1. The lowest BCUT2D eigenvalue weighted by Gasteiger charge is -2.36. The van der Waals surface area contributed by atoms with E-state index in [2.05, 4.69) is 28.2 Å². The summed E-state index contributed by atoms with van der Waals surface area (Å²) in [6.45, 7) is 8.09. The second kappa shape index (κ2) is 8.82. The molecule has 2 fully saturated rings. The molecule has 9 heteroatoms. The smallest absolute Gasteiger partial charge is 0.325 e. The van der Waals surface area contributed by atoms with Crippen LogP contribution in [0.3, 0.4) is 0 Å². The fraction of sp³-hybridized carbons (Fsp3) is 0.417. The first-order valence-corrected chi connectivity index (χ1v) is 11.1. The number of hydrogen-bond donors (Lipinski definition) is 2. The maximum atomic E-state index is 13.1. The lowest BCUT2D eigenvalue weighted by Crippen LogP contribution is -2.49. The monoisotopic (exact) mass is 451 g/mol. The van der Waals surface area contributed by atoms with Gasteiger partial charge in [0.2, 0.25) is 0 Å². The molecule has 2 saturated heterocycles. The number of aryl methyl sites for hydroxylation is 2. The van der Waals surface area contributed by atoms with Crippen LogP contribution in [0.1, 0.15) is 34.0 Å². The third-order valence-corrected chi connectivity index (χ3v) is 6.52. The van der Waals surface area contributed by atoms with Crippen LogP contribution in [-0.2, 0) is 10.3 Å². The Morgan fingerprint density at radius 3 is 2.39 bits per heavy atom. The first-order valence-electron chi connectivity index (χ1n) is 11.1. The third-order valence-electron chi connectivity index (χ3n) is 6.52. The molecule has 1 atom stereocenters. The van der Waals surface area contributed by atoms with E-state index in [9.17, 15) is 19.5 Å². The zero-order chi connectivity index (χ0) is 23.8.